The van der Waals surface area contributed by atoms with Gasteiger partial charge in [-0.3, -0.25) is 0 Å². The van der Waals surface area contributed by atoms with Crippen LogP contribution in [0, 0.1) is 0 Å². The Morgan fingerprint density at radius 3 is 2.88 bits per heavy atom. The van der Waals surface area contributed by atoms with Crippen LogP contribution in [-0.4, -0.2) is 18.0 Å². The van der Waals surface area contributed by atoms with Crippen molar-refractivity contribution >= 4 is 39.5 Å². The summed E-state index contributed by atoms with van der Waals surface area (Å²) in [5.74, 6) is 1.73. The smallest absolute Gasteiger partial charge is 0.158 e. The second-order valence-electron chi connectivity index (χ2n) is 3.14. The van der Waals surface area contributed by atoms with Crippen LogP contribution in [0.25, 0.3) is 5.57 Å². The van der Waals surface area contributed by atoms with E-state index in [4.69, 9.17) is 10.5 Å². The highest BCUT2D eigenvalue weighted by atomic mass is 79.9. The largest absolute Gasteiger partial charge is 0.497 e. The number of amidine groups is 1. The molecule has 86 valence electrons. The predicted molar refractivity (Wildman–Crippen MR) is 75.4 cm³/mol. The first kappa shape index (κ1) is 13.1. The lowest BCUT2D eigenvalue weighted by Crippen LogP contribution is -2.10. The molecule has 0 saturated carbocycles. The van der Waals surface area contributed by atoms with Gasteiger partial charge in [0.1, 0.15) is 5.75 Å². The molecule has 0 amide bonds. The normalized spacial score (nSPS) is 14.6. The van der Waals surface area contributed by atoms with Gasteiger partial charge in [-0.05, 0) is 23.3 Å². The van der Waals surface area contributed by atoms with Crippen LogP contribution >= 0.6 is 28.7 Å². The SMILES string of the molecule is Br.COc1cccc(C2=CN=C(N)SC2)c1. The molecule has 1 aromatic carbocycles. The van der Waals surface area contributed by atoms with E-state index >= 15 is 0 Å². The second-order valence-corrected chi connectivity index (χ2v) is 4.14. The van der Waals surface area contributed by atoms with Gasteiger partial charge in [-0.15, -0.1) is 17.0 Å². The maximum atomic E-state index is 5.57. The highest BCUT2D eigenvalue weighted by Gasteiger charge is 2.08. The molecule has 1 heterocycles. The first-order valence-electron chi connectivity index (χ1n) is 4.59. The summed E-state index contributed by atoms with van der Waals surface area (Å²) >= 11 is 1.55. The molecule has 0 aliphatic carbocycles. The molecular weight excluding hydrogens is 288 g/mol. The van der Waals surface area contributed by atoms with Crippen LogP contribution in [0.4, 0.5) is 0 Å². The van der Waals surface area contributed by atoms with Crippen LogP contribution in [0.5, 0.6) is 5.75 Å². The van der Waals surface area contributed by atoms with Crippen molar-refractivity contribution in [2.24, 2.45) is 10.7 Å². The highest BCUT2D eigenvalue weighted by Crippen LogP contribution is 2.25. The Balaban J connectivity index is 0.00000128. The molecule has 16 heavy (non-hydrogen) atoms. The molecule has 1 aromatic rings. The van der Waals surface area contributed by atoms with Crippen LogP contribution in [-0.2, 0) is 0 Å². The van der Waals surface area contributed by atoms with Gasteiger partial charge >= 0.3 is 0 Å². The fourth-order valence-electron chi connectivity index (χ4n) is 1.35. The minimum atomic E-state index is 0. The molecule has 2 rings (SSSR count). The van der Waals surface area contributed by atoms with E-state index in [1.54, 1.807) is 18.9 Å². The zero-order valence-electron chi connectivity index (χ0n) is 8.84. The second kappa shape index (κ2) is 5.96. The third-order valence-corrected chi connectivity index (χ3v) is 3.02. The van der Waals surface area contributed by atoms with Crippen LogP contribution in [0.3, 0.4) is 0 Å². The Morgan fingerprint density at radius 2 is 2.25 bits per heavy atom. The van der Waals surface area contributed by atoms with Crippen molar-refractivity contribution in [2.75, 3.05) is 12.9 Å². The average Bonchev–Trinajstić information content (AvgIpc) is 2.30. The topological polar surface area (TPSA) is 47.6 Å². The summed E-state index contributed by atoms with van der Waals surface area (Å²) in [4.78, 5) is 4.10. The van der Waals surface area contributed by atoms with Crippen LogP contribution < -0.4 is 10.5 Å². The first-order chi connectivity index (χ1) is 7.29. The number of hydrogen-bond acceptors (Lipinski definition) is 4. The molecule has 3 nitrogen and oxygen atoms in total. The van der Waals surface area contributed by atoms with E-state index < -0.39 is 0 Å². The number of benzene rings is 1. The van der Waals surface area contributed by atoms with E-state index in [2.05, 4.69) is 4.99 Å². The Hall–Kier alpha value is -0.940. The number of rotatable bonds is 2. The molecule has 0 spiro atoms. The van der Waals surface area contributed by atoms with Crippen LogP contribution in [0.1, 0.15) is 5.56 Å². The number of aliphatic imine (C=N–C) groups is 1. The van der Waals surface area contributed by atoms with E-state index in [1.807, 2.05) is 30.5 Å². The van der Waals surface area contributed by atoms with Crippen molar-refractivity contribution in [3.05, 3.63) is 36.0 Å². The number of methoxy groups -OCH3 is 1. The molecule has 0 atom stereocenters. The van der Waals surface area contributed by atoms with Crippen molar-refractivity contribution in [1.82, 2.24) is 0 Å². The number of halogens is 1. The minimum absolute atomic E-state index is 0. The Morgan fingerprint density at radius 1 is 1.44 bits per heavy atom. The lowest BCUT2D eigenvalue weighted by Gasteiger charge is -2.11. The fourth-order valence-corrected chi connectivity index (χ4v) is 2.02. The molecule has 2 N–H and O–H groups in total. The summed E-state index contributed by atoms with van der Waals surface area (Å²) in [5.41, 5.74) is 7.89. The summed E-state index contributed by atoms with van der Waals surface area (Å²) in [6.45, 7) is 0. The summed E-state index contributed by atoms with van der Waals surface area (Å²) in [5, 5.41) is 0.627. The maximum Gasteiger partial charge on any atom is 0.158 e. The van der Waals surface area contributed by atoms with Crippen LogP contribution in [0.2, 0.25) is 0 Å². The molecule has 0 unspecified atom stereocenters. The van der Waals surface area contributed by atoms with E-state index in [-0.39, 0.29) is 17.0 Å². The summed E-state index contributed by atoms with van der Waals surface area (Å²) < 4.78 is 5.17. The Bertz CT molecular complexity index is 432. The summed E-state index contributed by atoms with van der Waals surface area (Å²) in [6.07, 6.45) is 1.82. The Kier molecular flexibility index (Phi) is 4.89. The number of thioether (sulfide) groups is 1. The van der Waals surface area contributed by atoms with Gasteiger partial charge in [-0.1, -0.05) is 23.9 Å². The van der Waals surface area contributed by atoms with Crippen molar-refractivity contribution in [3.63, 3.8) is 0 Å². The third-order valence-electron chi connectivity index (χ3n) is 2.16. The number of hydrogen-bond donors (Lipinski definition) is 1. The van der Waals surface area contributed by atoms with Gasteiger partial charge in [0, 0.05) is 12.0 Å². The van der Waals surface area contributed by atoms with Crippen molar-refractivity contribution in [2.45, 2.75) is 0 Å². The lowest BCUT2D eigenvalue weighted by atomic mass is 10.1. The van der Waals surface area contributed by atoms with Crippen molar-refractivity contribution < 1.29 is 4.74 Å². The van der Waals surface area contributed by atoms with Gasteiger partial charge in [-0.2, -0.15) is 0 Å². The molecule has 0 fully saturated rings. The number of ether oxygens (including phenoxy) is 1. The Labute approximate surface area is 110 Å². The van der Waals surface area contributed by atoms with E-state index in [9.17, 15) is 0 Å². The summed E-state index contributed by atoms with van der Waals surface area (Å²) in [6, 6.07) is 7.95. The predicted octanol–water partition coefficient (Wildman–Crippen LogP) is 2.68. The molecule has 0 bridgehead atoms. The molecule has 5 heteroatoms. The zero-order valence-corrected chi connectivity index (χ0v) is 11.4. The number of nitrogens with two attached hydrogens (primary N) is 1. The third kappa shape index (κ3) is 3.02. The monoisotopic (exact) mass is 300 g/mol. The fraction of sp³-hybridized carbons (Fsp3) is 0.182. The van der Waals surface area contributed by atoms with Gasteiger partial charge in [0.2, 0.25) is 0 Å². The highest BCUT2D eigenvalue weighted by molar-refractivity contribution is 8.93. The zero-order chi connectivity index (χ0) is 10.7. The van der Waals surface area contributed by atoms with Crippen LogP contribution in [0.15, 0.2) is 35.5 Å². The van der Waals surface area contributed by atoms with Gasteiger partial charge in [0.25, 0.3) is 0 Å². The van der Waals surface area contributed by atoms with Gasteiger partial charge in [0.15, 0.2) is 5.17 Å². The number of nitrogens with zero attached hydrogens (tertiary/aromatic N) is 1. The molecular formula is C11H13BrN2OS. The van der Waals surface area contributed by atoms with Gasteiger partial charge in [-0.25, -0.2) is 4.99 Å². The van der Waals surface area contributed by atoms with Crippen molar-refractivity contribution in [3.8, 4) is 5.75 Å². The van der Waals surface area contributed by atoms with Gasteiger partial charge < -0.3 is 10.5 Å². The van der Waals surface area contributed by atoms with E-state index in [1.165, 1.54) is 5.57 Å². The quantitative estimate of drug-likeness (QED) is 0.913. The average molecular weight is 301 g/mol. The van der Waals surface area contributed by atoms with Crippen molar-refractivity contribution in [1.29, 1.82) is 0 Å². The molecule has 0 saturated heterocycles. The molecule has 1 aliphatic rings. The standard InChI is InChI=1S/C11H12N2OS.BrH/c1-14-10-4-2-3-8(5-10)9-6-13-11(12)15-7-9;/h2-6H,7H2,1H3,(H2,12,13);1H. The maximum absolute atomic E-state index is 5.57. The lowest BCUT2D eigenvalue weighted by molar-refractivity contribution is 0.414. The minimum Gasteiger partial charge on any atom is -0.497 e. The summed E-state index contributed by atoms with van der Waals surface area (Å²) in [7, 11) is 1.67. The molecule has 0 aromatic heterocycles. The van der Waals surface area contributed by atoms with E-state index in [0.717, 1.165) is 17.1 Å². The van der Waals surface area contributed by atoms with Gasteiger partial charge in [0.05, 0.1) is 7.11 Å². The molecule has 0 radical (unpaired) electrons. The molecule has 1 aliphatic heterocycles. The first-order valence-corrected chi connectivity index (χ1v) is 5.57. The van der Waals surface area contributed by atoms with E-state index in [0.29, 0.717) is 5.17 Å².